The highest BCUT2D eigenvalue weighted by Gasteiger charge is 2.25. The third-order valence-corrected chi connectivity index (χ3v) is 3.97. The van der Waals surface area contributed by atoms with Crippen LogP contribution in [0.1, 0.15) is 24.8 Å². The number of fused-ring (bicyclic) bond motifs is 1. The topological polar surface area (TPSA) is 29.1 Å². The molecule has 1 heterocycles. The Morgan fingerprint density at radius 3 is 3.00 bits per heavy atom. The number of carbonyl (C=O) groups is 1. The summed E-state index contributed by atoms with van der Waals surface area (Å²) < 4.78 is 1.01. The lowest BCUT2D eigenvalue weighted by Gasteiger charge is -2.14. The predicted octanol–water partition coefficient (Wildman–Crippen LogP) is 4.14. The number of rotatable bonds is 1. The highest BCUT2D eigenvalue weighted by atomic mass is 79.9. The van der Waals surface area contributed by atoms with E-state index in [2.05, 4.69) is 39.5 Å². The monoisotopic (exact) mass is 303 g/mol. The number of carbonyl (C=O) groups excluding carboxylic acids is 1. The summed E-state index contributed by atoms with van der Waals surface area (Å²) >= 11 is 3.46. The largest absolute Gasteiger partial charge is 0.321 e. The van der Waals surface area contributed by atoms with Gasteiger partial charge in [0.05, 0.1) is 0 Å². The second kappa shape index (κ2) is 4.73. The second-order valence-electron chi connectivity index (χ2n) is 4.77. The molecule has 1 amide bonds. The van der Waals surface area contributed by atoms with Gasteiger partial charge in [0.2, 0.25) is 0 Å². The van der Waals surface area contributed by atoms with E-state index in [-0.39, 0.29) is 5.91 Å². The van der Waals surface area contributed by atoms with E-state index in [1.54, 1.807) is 0 Å². The summed E-state index contributed by atoms with van der Waals surface area (Å²) in [5.74, 6) is 0.512. The molecule has 18 heavy (non-hydrogen) atoms. The van der Waals surface area contributed by atoms with Crippen molar-refractivity contribution in [2.45, 2.75) is 19.3 Å². The Morgan fingerprint density at radius 1 is 1.33 bits per heavy atom. The van der Waals surface area contributed by atoms with Gasteiger partial charge in [-0.3, -0.25) is 4.79 Å². The van der Waals surface area contributed by atoms with Gasteiger partial charge in [0, 0.05) is 21.3 Å². The minimum atomic E-state index is 0.0256. The van der Waals surface area contributed by atoms with Crippen molar-refractivity contribution in [3.05, 3.63) is 46.5 Å². The fraction of sp³-hybridized carbons (Fsp3) is 0.267. The third kappa shape index (κ3) is 2.15. The molecule has 0 unspecified atom stereocenters. The SMILES string of the molecule is O=C1Nc2ccc(Br)cc2/C1=C/[C@@H]1CC=CCC1. The van der Waals surface area contributed by atoms with Crippen LogP contribution in [0.3, 0.4) is 0 Å². The van der Waals surface area contributed by atoms with Gasteiger partial charge in [0.25, 0.3) is 5.91 Å². The van der Waals surface area contributed by atoms with Gasteiger partial charge in [-0.2, -0.15) is 0 Å². The van der Waals surface area contributed by atoms with Crippen molar-refractivity contribution in [1.82, 2.24) is 0 Å². The maximum Gasteiger partial charge on any atom is 0.256 e. The first-order valence-corrected chi connectivity index (χ1v) is 7.01. The average molecular weight is 304 g/mol. The Labute approximate surface area is 115 Å². The van der Waals surface area contributed by atoms with Crippen molar-refractivity contribution in [3.63, 3.8) is 0 Å². The van der Waals surface area contributed by atoms with Crippen LogP contribution < -0.4 is 5.32 Å². The standard InChI is InChI=1S/C15H14BrNO/c16-11-6-7-14-12(9-11)13(15(18)17-14)8-10-4-2-1-3-5-10/h1-2,6-10H,3-5H2,(H,17,18)/b13-8-/t10-/m1/s1. The van der Waals surface area contributed by atoms with Gasteiger partial charge in [0.1, 0.15) is 0 Å². The van der Waals surface area contributed by atoms with Crippen LogP contribution in [0.5, 0.6) is 0 Å². The van der Waals surface area contributed by atoms with E-state index in [1.807, 2.05) is 18.2 Å². The molecular weight excluding hydrogens is 290 g/mol. The van der Waals surface area contributed by atoms with Crippen LogP contribution in [0.15, 0.2) is 40.9 Å². The summed E-state index contributed by atoms with van der Waals surface area (Å²) in [5, 5.41) is 2.92. The number of allylic oxidation sites excluding steroid dienone is 3. The number of anilines is 1. The van der Waals surface area contributed by atoms with Gasteiger partial charge in [-0.1, -0.05) is 34.2 Å². The van der Waals surface area contributed by atoms with Crippen molar-refractivity contribution in [1.29, 1.82) is 0 Å². The first kappa shape index (κ1) is 11.7. The smallest absolute Gasteiger partial charge is 0.256 e. The number of amides is 1. The normalized spacial score (nSPS) is 24.2. The fourth-order valence-electron chi connectivity index (χ4n) is 2.53. The Morgan fingerprint density at radius 2 is 2.22 bits per heavy atom. The minimum Gasteiger partial charge on any atom is -0.321 e. The number of hydrogen-bond acceptors (Lipinski definition) is 1. The molecule has 92 valence electrons. The van der Waals surface area contributed by atoms with Gasteiger partial charge in [-0.15, -0.1) is 0 Å². The lowest BCUT2D eigenvalue weighted by Crippen LogP contribution is -2.06. The molecule has 0 spiro atoms. The summed E-state index contributed by atoms with van der Waals surface area (Å²) in [5.41, 5.74) is 2.76. The molecule has 0 fully saturated rings. The summed E-state index contributed by atoms with van der Waals surface area (Å²) in [7, 11) is 0. The van der Waals surface area contributed by atoms with E-state index in [0.717, 1.165) is 40.6 Å². The molecule has 1 aliphatic heterocycles. The molecule has 1 aliphatic carbocycles. The maximum absolute atomic E-state index is 12.0. The molecule has 0 radical (unpaired) electrons. The van der Waals surface area contributed by atoms with Crippen LogP contribution in [-0.4, -0.2) is 5.91 Å². The minimum absolute atomic E-state index is 0.0256. The Balaban J connectivity index is 1.97. The van der Waals surface area contributed by atoms with Crippen molar-refractivity contribution in [2.24, 2.45) is 5.92 Å². The van der Waals surface area contributed by atoms with Crippen LogP contribution >= 0.6 is 15.9 Å². The van der Waals surface area contributed by atoms with E-state index < -0.39 is 0 Å². The van der Waals surface area contributed by atoms with E-state index >= 15 is 0 Å². The summed E-state index contributed by atoms with van der Waals surface area (Å²) in [6, 6.07) is 5.90. The molecule has 0 saturated heterocycles. The van der Waals surface area contributed by atoms with Crippen LogP contribution in [-0.2, 0) is 4.79 Å². The molecule has 1 atom stereocenters. The lowest BCUT2D eigenvalue weighted by atomic mass is 9.91. The van der Waals surface area contributed by atoms with Crippen LogP contribution in [0, 0.1) is 5.92 Å². The van der Waals surface area contributed by atoms with Gasteiger partial charge >= 0.3 is 0 Å². The van der Waals surface area contributed by atoms with E-state index in [0.29, 0.717) is 5.92 Å². The summed E-state index contributed by atoms with van der Waals surface area (Å²) in [4.78, 5) is 12.0. The van der Waals surface area contributed by atoms with Gasteiger partial charge in [-0.05, 0) is 43.4 Å². The first-order chi connectivity index (χ1) is 8.74. The zero-order chi connectivity index (χ0) is 12.5. The van der Waals surface area contributed by atoms with E-state index in [9.17, 15) is 4.79 Å². The molecule has 1 aromatic carbocycles. The summed E-state index contributed by atoms with van der Waals surface area (Å²) in [6.45, 7) is 0. The van der Waals surface area contributed by atoms with Gasteiger partial charge < -0.3 is 5.32 Å². The molecule has 1 N–H and O–H groups in total. The Bertz CT molecular complexity index is 560. The van der Waals surface area contributed by atoms with E-state index in [1.165, 1.54) is 0 Å². The Hall–Kier alpha value is -1.35. The molecule has 2 aliphatic rings. The van der Waals surface area contributed by atoms with Crippen molar-refractivity contribution >= 4 is 33.1 Å². The molecular formula is C15H14BrNO. The second-order valence-corrected chi connectivity index (χ2v) is 5.68. The number of benzene rings is 1. The average Bonchev–Trinajstić information content (AvgIpc) is 2.67. The quantitative estimate of drug-likeness (QED) is 0.613. The molecule has 3 rings (SSSR count). The predicted molar refractivity (Wildman–Crippen MR) is 77.2 cm³/mol. The molecule has 0 aromatic heterocycles. The zero-order valence-electron chi connectivity index (χ0n) is 9.95. The molecule has 1 aromatic rings. The molecule has 2 nitrogen and oxygen atoms in total. The number of nitrogens with one attached hydrogen (secondary N) is 1. The number of halogens is 1. The molecule has 0 saturated carbocycles. The van der Waals surface area contributed by atoms with Crippen LogP contribution in [0.4, 0.5) is 5.69 Å². The summed E-state index contributed by atoms with van der Waals surface area (Å²) in [6.07, 6.45) is 9.85. The third-order valence-electron chi connectivity index (χ3n) is 3.48. The van der Waals surface area contributed by atoms with Crippen molar-refractivity contribution in [3.8, 4) is 0 Å². The van der Waals surface area contributed by atoms with Gasteiger partial charge in [0.15, 0.2) is 0 Å². The van der Waals surface area contributed by atoms with Crippen molar-refractivity contribution < 1.29 is 4.79 Å². The fourth-order valence-corrected chi connectivity index (χ4v) is 2.89. The lowest BCUT2D eigenvalue weighted by molar-refractivity contribution is -0.110. The van der Waals surface area contributed by atoms with Crippen LogP contribution in [0.25, 0.3) is 5.57 Å². The molecule has 3 heteroatoms. The van der Waals surface area contributed by atoms with Crippen LogP contribution in [0.2, 0.25) is 0 Å². The maximum atomic E-state index is 12.0. The van der Waals surface area contributed by atoms with Gasteiger partial charge in [-0.25, -0.2) is 0 Å². The first-order valence-electron chi connectivity index (χ1n) is 6.22. The number of hydrogen-bond donors (Lipinski definition) is 1. The zero-order valence-corrected chi connectivity index (χ0v) is 11.5. The Kier molecular flexibility index (Phi) is 3.08. The van der Waals surface area contributed by atoms with Crippen molar-refractivity contribution in [2.75, 3.05) is 5.32 Å². The molecule has 0 bridgehead atoms. The highest BCUT2D eigenvalue weighted by Crippen LogP contribution is 2.35. The van der Waals surface area contributed by atoms with E-state index in [4.69, 9.17) is 0 Å². The highest BCUT2D eigenvalue weighted by molar-refractivity contribution is 9.10.